The number of hydrogen-bond acceptors (Lipinski definition) is 21. The summed E-state index contributed by atoms with van der Waals surface area (Å²) < 4.78 is 70.5. The van der Waals surface area contributed by atoms with Gasteiger partial charge in [-0.05, 0) is 11.8 Å². The number of aromatic amines is 2. The Morgan fingerprint density at radius 1 is 0.797 bits per heavy atom. The number of hydrogen-bond donors (Lipinski definition) is 4. The van der Waals surface area contributed by atoms with E-state index >= 15 is 0 Å². The van der Waals surface area contributed by atoms with Crippen LogP contribution < -0.4 is 28.2 Å². The lowest BCUT2D eigenvalue weighted by Crippen LogP contribution is -2.42. The van der Waals surface area contributed by atoms with Crippen LogP contribution in [0.2, 0.25) is 0 Å². The van der Waals surface area contributed by atoms with Gasteiger partial charge >= 0.3 is 18.1 Å². The summed E-state index contributed by atoms with van der Waals surface area (Å²) in [6.07, 6.45) is -7.67. The van der Waals surface area contributed by atoms with Gasteiger partial charge in [-0.2, -0.15) is 0 Å². The first-order valence-electron chi connectivity index (χ1n) is 18.0. The van der Waals surface area contributed by atoms with Crippen LogP contribution in [-0.4, -0.2) is 147 Å². The van der Waals surface area contributed by atoms with Gasteiger partial charge in [0.15, 0.2) is 30.1 Å². The fourth-order valence-corrected chi connectivity index (χ4v) is 9.88. The van der Waals surface area contributed by atoms with Crippen molar-refractivity contribution in [1.29, 1.82) is 0 Å². The van der Waals surface area contributed by atoms with Crippen LogP contribution in [0.15, 0.2) is 56.4 Å². The second-order valence-corrected chi connectivity index (χ2v) is 16.6. The van der Waals surface area contributed by atoms with Gasteiger partial charge in [0, 0.05) is 45.9 Å². The highest BCUT2D eigenvalue weighted by Gasteiger charge is 2.55. The number of imidazole rings is 1. The van der Waals surface area contributed by atoms with Crippen LogP contribution in [0, 0.1) is 0 Å². The SMILES string of the molecule is COC[C@H]1O[C@@H](n2ccc(=O)[nH]c2=O)[C@H](O)[C@@H]1OP(=S)(OC[C@H]1O[C@@H](n2cnc3c(N)ncnc32)[C@@H]2OCO[C@@H]21)O[C@H]1[C@@H](OC)[C@H](n2ccc(=O)[nH]c2=O)O[C@@H]1COC. The Kier molecular flexibility index (Phi) is 12.1. The molecule has 4 aromatic rings. The van der Waals surface area contributed by atoms with E-state index in [4.69, 9.17) is 69.0 Å². The number of aliphatic hydroxyl groups is 1. The minimum absolute atomic E-state index is 0.0639. The molecule has 4 aliphatic heterocycles. The molecular weight excluding hydrogens is 829 g/mol. The zero-order chi connectivity index (χ0) is 41.6. The van der Waals surface area contributed by atoms with E-state index in [2.05, 4.69) is 24.9 Å². The van der Waals surface area contributed by atoms with Gasteiger partial charge in [0.1, 0.15) is 73.6 Å². The van der Waals surface area contributed by atoms with E-state index in [1.54, 1.807) is 4.57 Å². The molecule has 5 N–H and O–H groups in total. The Morgan fingerprint density at radius 3 is 2.07 bits per heavy atom. The quantitative estimate of drug-likeness (QED) is 0.0907. The lowest BCUT2D eigenvalue weighted by atomic mass is 10.1. The molecule has 0 saturated carbocycles. The number of nitrogens with two attached hydrogens (primary N) is 1. The summed E-state index contributed by atoms with van der Waals surface area (Å²) in [5.41, 5.74) is 3.84. The van der Waals surface area contributed by atoms with E-state index in [1.807, 2.05) is 0 Å². The number of ether oxygens (including phenoxy) is 8. The van der Waals surface area contributed by atoms with Crippen molar-refractivity contribution in [3.63, 3.8) is 0 Å². The van der Waals surface area contributed by atoms with E-state index in [0.29, 0.717) is 11.2 Å². The zero-order valence-electron chi connectivity index (χ0n) is 31.4. The van der Waals surface area contributed by atoms with Gasteiger partial charge in [0.2, 0.25) is 0 Å². The van der Waals surface area contributed by atoms with Gasteiger partial charge < -0.3 is 53.3 Å². The van der Waals surface area contributed by atoms with E-state index in [9.17, 15) is 24.3 Å². The average Bonchev–Trinajstić information content (AvgIpc) is 4.03. The number of H-pyrrole nitrogens is 2. The molecule has 320 valence electrons. The van der Waals surface area contributed by atoms with Crippen molar-refractivity contribution in [2.75, 3.05) is 53.7 Å². The molecule has 13 atom stereocenters. The van der Waals surface area contributed by atoms with Crippen molar-refractivity contribution in [2.45, 2.75) is 73.6 Å². The molecule has 0 bridgehead atoms. The number of aromatic nitrogens is 8. The summed E-state index contributed by atoms with van der Waals surface area (Å²) in [6.45, 7) is -4.86. The second-order valence-electron chi connectivity index (χ2n) is 13.7. The van der Waals surface area contributed by atoms with Gasteiger partial charge in [0.25, 0.3) is 11.1 Å². The molecular formula is C32H40N9O16PS. The summed E-state index contributed by atoms with van der Waals surface area (Å²) in [5.74, 6) is 0.170. The predicted molar refractivity (Wildman–Crippen MR) is 199 cm³/mol. The Labute approximate surface area is 336 Å². The molecule has 4 saturated heterocycles. The number of fused-ring (bicyclic) bond motifs is 2. The van der Waals surface area contributed by atoms with Crippen LogP contribution in [0.1, 0.15) is 18.7 Å². The Hall–Kier alpha value is -4.12. The van der Waals surface area contributed by atoms with Crippen LogP contribution in [0.3, 0.4) is 0 Å². The molecule has 4 aliphatic rings. The average molecular weight is 870 g/mol. The second kappa shape index (κ2) is 17.1. The van der Waals surface area contributed by atoms with Gasteiger partial charge in [-0.25, -0.2) is 24.5 Å². The molecule has 8 rings (SSSR count). The molecule has 25 nitrogen and oxygen atoms in total. The number of anilines is 1. The third-order valence-corrected chi connectivity index (χ3v) is 12.4. The summed E-state index contributed by atoms with van der Waals surface area (Å²) in [5, 5.41) is 11.7. The van der Waals surface area contributed by atoms with Crippen LogP contribution >= 0.6 is 6.72 Å². The van der Waals surface area contributed by atoms with E-state index in [-0.39, 0.29) is 32.4 Å². The Morgan fingerprint density at radius 2 is 1.41 bits per heavy atom. The number of nitrogens with one attached hydrogen (secondary N) is 2. The van der Waals surface area contributed by atoms with E-state index < -0.39 is 103 Å². The van der Waals surface area contributed by atoms with Gasteiger partial charge in [-0.15, -0.1) is 0 Å². The van der Waals surface area contributed by atoms with Crippen LogP contribution in [0.4, 0.5) is 5.82 Å². The molecule has 0 aliphatic carbocycles. The summed E-state index contributed by atoms with van der Waals surface area (Å²) >= 11 is 6.12. The monoisotopic (exact) mass is 869 g/mol. The number of aliphatic hydroxyl groups excluding tert-OH is 1. The molecule has 59 heavy (non-hydrogen) atoms. The molecule has 0 amide bonds. The molecule has 27 heteroatoms. The maximum Gasteiger partial charge on any atom is 0.330 e. The van der Waals surface area contributed by atoms with E-state index in [1.165, 1.54) is 40.2 Å². The van der Waals surface area contributed by atoms with Crippen LogP contribution in [0.25, 0.3) is 11.2 Å². The third kappa shape index (κ3) is 7.97. The number of nitrogens with zero attached hydrogens (tertiary/aromatic N) is 6. The minimum Gasteiger partial charge on any atom is -0.386 e. The number of nitrogen functional groups attached to an aromatic ring is 1. The maximum absolute atomic E-state index is 12.9. The fourth-order valence-electron chi connectivity index (χ4n) is 7.49. The molecule has 4 fully saturated rings. The van der Waals surface area contributed by atoms with Gasteiger partial charge in [0.05, 0.1) is 26.1 Å². The smallest absolute Gasteiger partial charge is 0.330 e. The van der Waals surface area contributed by atoms with Crippen molar-refractivity contribution in [2.24, 2.45) is 0 Å². The first-order valence-corrected chi connectivity index (χ1v) is 20.5. The van der Waals surface area contributed by atoms with E-state index in [0.717, 1.165) is 27.5 Å². The topological polar surface area (TPSA) is 301 Å². The molecule has 0 spiro atoms. The zero-order valence-corrected chi connectivity index (χ0v) is 33.1. The summed E-state index contributed by atoms with van der Waals surface area (Å²) in [7, 11) is 4.16. The molecule has 4 aromatic heterocycles. The fraction of sp³-hybridized carbons (Fsp3) is 0.594. The first kappa shape index (κ1) is 41.6. The van der Waals surface area contributed by atoms with Crippen molar-refractivity contribution in [1.82, 2.24) is 38.6 Å². The molecule has 0 aromatic carbocycles. The third-order valence-electron chi connectivity index (χ3n) is 10.1. The molecule has 1 unspecified atom stereocenters. The van der Waals surface area contributed by atoms with Gasteiger partial charge in [-0.1, -0.05) is 0 Å². The first-order chi connectivity index (χ1) is 28.4. The van der Waals surface area contributed by atoms with Crippen molar-refractivity contribution in [3.8, 4) is 0 Å². The molecule has 0 radical (unpaired) electrons. The number of rotatable bonds is 15. The van der Waals surface area contributed by atoms with Gasteiger partial charge in [-0.3, -0.25) is 42.3 Å². The summed E-state index contributed by atoms with van der Waals surface area (Å²) in [4.78, 5) is 66.4. The highest BCUT2D eigenvalue weighted by atomic mass is 32.5. The lowest BCUT2D eigenvalue weighted by Gasteiger charge is -2.33. The van der Waals surface area contributed by atoms with Crippen LogP contribution in [0.5, 0.6) is 0 Å². The van der Waals surface area contributed by atoms with Crippen molar-refractivity contribution < 1.29 is 56.6 Å². The van der Waals surface area contributed by atoms with Crippen molar-refractivity contribution in [3.05, 3.63) is 78.9 Å². The largest absolute Gasteiger partial charge is 0.386 e. The Balaban J connectivity index is 1.12. The highest BCUT2D eigenvalue weighted by molar-refractivity contribution is 8.07. The standard InChI is InChI=1S/C32H40N9O16PS/c1-47-8-14-21(20(44)28(53-14)39-6-4-17(42)37-31(39)45)56-58(59,57-23-15(9-48-2)54-29(24(23)49-3)40-7-5-18(43)38-32(40)46)52-10-16-22-25(51-13-50-22)30(55-16)41-12-36-19-26(33)34-11-35-27(19)41/h4-7,11-12,14-16,20-25,28-30,44H,8-10,13H2,1-3H3,(H2,33,34,35)(H,37,42,45)(H,38,43,46)/t14-,15-,16-,20-,21-,22-,23-,24-,25-,28-,29-,30-,58?/m1/s1. The predicted octanol–water partition coefficient (Wildman–Crippen LogP) is -2.38. The molecule has 8 heterocycles. The summed E-state index contributed by atoms with van der Waals surface area (Å²) in [6, 6.07) is 2.23. The normalized spacial score (nSPS) is 32.8. The Bertz CT molecular complexity index is 2430. The maximum atomic E-state index is 12.9. The highest BCUT2D eigenvalue weighted by Crippen LogP contribution is 2.57. The lowest BCUT2D eigenvalue weighted by molar-refractivity contribution is -0.109. The minimum atomic E-state index is -4.22. The van der Waals surface area contributed by atoms with Crippen LogP contribution in [-0.2, 0) is 63.3 Å². The number of methoxy groups -OCH3 is 3. The van der Waals surface area contributed by atoms with Crippen molar-refractivity contribution >= 4 is 35.5 Å².